The molecule has 1 heterocycles. The first-order valence-electron chi connectivity index (χ1n) is 10.9. The molecule has 2 aliphatic rings. The van der Waals surface area contributed by atoms with Gasteiger partial charge in [0.1, 0.15) is 5.75 Å². The molecule has 0 bridgehead atoms. The molecule has 2 aromatic carbocycles. The van der Waals surface area contributed by atoms with Crippen molar-refractivity contribution in [1.82, 2.24) is 15.1 Å². The van der Waals surface area contributed by atoms with Crippen LogP contribution in [-0.2, 0) is 11.3 Å². The molecule has 3 N–H and O–H groups in total. The fourth-order valence-corrected chi connectivity index (χ4v) is 3.99. The van der Waals surface area contributed by atoms with E-state index in [1.165, 1.54) is 10.7 Å². The van der Waals surface area contributed by atoms with Gasteiger partial charge >= 0.3 is 6.03 Å². The van der Waals surface area contributed by atoms with Crippen LogP contribution in [0.15, 0.2) is 42.5 Å². The zero-order chi connectivity index (χ0) is 23.1. The molecule has 0 radical (unpaired) electrons. The Labute approximate surface area is 200 Å². The highest BCUT2D eigenvalue weighted by Crippen LogP contribution is 2.42. The Kier molecular flexibility index (Phi) is 5.76. The molecule has 5 rings (SSSR count). The van der Waals surface area contributed by atoms with E-state index in [0.717, 1.165) is 36.9 Å². The minimum atomic E-state index is -0.369. The second-order valence-corrected chi connectivity index (χ2v) is 9.36. The summed E-state index contributed by atoms with van der Waals surface area (Å²) in [7, 11) is 0. The third-order valence-electron chi connectivity index (χ3n) is 5.84. The predicted octanol–water partition coefficient (Wildman–Crippen LogP) is 5.55. The number of aromatic nitrogens is 2. The van der Waals surface area contributed by atoms with Crippen molar-refractivity contribution >= 4 is 40.8 Å². The summed E-state index contributed by atoms with van der Waals surface area (Å²) < 4.78 is 1.36. The van der Waals surface area contributed by atoms with Crippen LogP contribution in [0.4, 0.5) is 10.5 Å². The standard InChI is InChI=1S/C24H22Cl2N4O3/c25-18-7-1-13(9-19(18)26)12-27-24(33)30-21(14-2-3-14)11-20(29-30)17-10-16(6-8-22(17)31)28-23(32)15-4-5-15/h1,6-11,14-15,31H,2-5,12H2,(H,27,33)(H,28,32). The van der Waals surface area contributed by atoms with Gasteiger partial charge < -0.3 is 15.7 Å². The molecule has 1 aromatic heterocycles. The molecule has 9 heteroatoms. The normalized spacial score (nSPS) is 15.3. The number of rotatable bonds is 6. The van der Waals surface area contributed by atoms with Crippen LogP contribution in [0.5, 0.6) is 5.75 Å². The van der Waals surface area contributed by atoms with Gasteiger partial charge in [0.15, 0.2) is 0 Å². The summed E-state index contributed by atoms with van der Waals surface area (Å²) in [5.74, 6) is 0.337. The smallest absolute Gasteiger partial charge is 0.342 e. The highest BCUT2D eigenvalue weighted by molar-refractivity contribution is 6.42. The minimum Gasteiger partial charge on any atom is -0.507 e. The fraction of sp³-hybridized carbons (Fsp3) is 0.292. The molecule has 2 saturated carbocycles. The Morgan fingerprint density at radius 1 is 1.03 bits per heavy atom. The number of nitrogens with one attached hydrogen (secondary N) is 2. The minimum absolute atomic E-state index is 0.0162. The maximum Gasteiger partial charge on any atom is 0.342 e. The number of phenolic OH excluding ortho intramolecular Hbond substituents is 1. The van der Waals surface area contributed by atoms with E-state index in [2.05, 4.69) is 15.7 Å². The number of benzene rings is 2. The maximum absolute atomic E-state index is 13.0. The lowest BCUT2D eigenvalue weighted by Gasteiger charge is -2.09. The van der Waals surface area contributed by atoms with Gasteiger partial charge in [0.2, 0.25) is 5.91 Å². The van der Waals surface area contributed by atoms with E-state index in [-0.39, 0.29) is 36.1 Å². The SMILES string of the molecule is O=C(Nc1ccc(O)c(-c2cc(C3CC3)n(C(=O)NCc3ccc(Cl)c(Cl)c3)n2)c1)C1CC1. The summed E-state index contributed by atoms with van der Waals surface area (Å²) in [6.07, 6.45) is 3.77. The lowest BCUT2D eigenvalue weighted by molar-refractivity contribution is -0.117. The van der Waals surface area contributed by atoms with E-state index in [0.29, 0.717) is 27.0 Å². The summed E-state index contributed by atoms with van der Waals surface area (Å²) in [6, 6.07) is 11.5. The molecular formula is C24H22Cl2N4O3. The van der Waals surface area contributed by atoms with Gasteiger partial charge in [0, 0.05) is 29.6 Å². The molecule has 0 atom stereocenters. The van der Waals surface area contributed by atoms with Gasteiger partial charge in [-0.15, -0.1) is 0 Å². The Morgan fingerprint density at radius 3 is 2.52 bits per heavy atom. The summed E-state index contributed by atoms with van der Waals surface area (Å²) in [6.45, 7) is 0.267. The second kappa shape index (κ2) is 8.72. The zero-order valence-electron chi connectivity index (χ0n) is 17.6. The van der Waals surface area contributed by atoms with Gasteiger partial charge in [-0.1, -0.05) is 29.3 Å². The molecule has 2 fully saturated rings. The average Bonchev–Trinajstić information content (AvgIpc) is 3.73. The summed E-state index contributed by atoms with van der Waals surface area (Å²) in [5.41, 5.74) is 3.13. The van der Waals surface area contributed by atoms with Gasteiger partial charge in [-0.3, -0.25) is 4.79 Å². The van der Waals surface area contributed by atoms with Crippen molar-refractivity contribution in [3.8, 4) is 17.0 Å². The van der Waals surface area contributed by atoms with Crippen LogP contribution in [0.2, 0.25) is 10.0 Å². The first-order valence-corrected chi connectivity index (χ1v) is 11.6. The van der Waals surface area contributed by atoms with Crippen LogP contribution in [0.25, 0.3) is 11.3 Å². The Hall–Kier alpha value is -3.03. The number of carbonyl (C=O) groups is 2. The van der Waals surface area contributed by atoms with Crippen molar-refractivity contribution in [2.75, 3.05) is 5.32 Å². The lowest BCUT2D eigenvalue weighted by Crippen LogP contribution is -2.30. The summed E-state index contributed by atoms with van der Waals surface area (Å²) in [5, 5.41) is 21.6. The van der Waals surface area contributed by atoms with Crippen LogP contribution >= 0.6 is 23.2 Å². The number of nitrogens with zero attached hydrogens (tertiary/aromatic N) is 2. The van der Waals surface area contributed by atoms with Crippen LogP contribution in [-0.4, -0.2) is 26.8 Å². The Bertz CT molecular complexity index is 1250. The van der Waals surface area contributed by atoms with Crippen molar-refractivity contribution in [3.63, 3.8) is 0 Å². The number of halogens is 2. The van der Waals surface area contributed by atoms with Crippen molar-refractivity contribution in [1.29, 1.82) is 0 Å². The van der Waals surface area contributed by atoms with Gasteiger partial charge in [-0.05, 0) is 67.6 Å². The third-order valence-corrected chi connectivity index (χ3v) is 6.58. The number of hydrogen-bond donors (Lipinski definition) is 3. The van der Waals surface area contributed by atoms with Crippen LogP contribution < -0.4 is 10.6 Å². The van der Waals surface area contributed by atoms with E-state index in [1.807, 2.05) is 6.07 Å². The van der Waals surface area contributed by atoms with Crippen molar-refractivity contribution in [3.05, 3.63) is 63.8 Å². The fourth-order valence-electron chi connectivity index (χ4n) is 3.67. The number of anilines is 1. The number of phenols is 1. The van der Waals surface area contributed by atoms with Crippen LogP contribution in [0.1, 0.15) is 42.9 Å². The summed E-state index contributed by atoms with van der Waals surface area (Å²) in [4.78, 5) is 25.1. The highest BCUT2D eigenvalue weighted by Gasteiger charge is 2.31. The monoisotopic (exact) mass is 484 g/mol. The Morgan fingerprint density at radius 2 is 1.82 bits per heavy atom. The van der Waals surface area contributed by atoms with Crippen molar-refractivity contribution in [2.24, 2.45) is 5.92 Å². The second-order valence-electron chi connectivity index (χ2n) is 8.54. The zero-order valence-corrected chi connectivity index (χ0v) is 19.2. The van der Waals surface area contributed by atoms with Gasteiger partial charge in [-0.25, -0.2) is 4.79 Å². The highest BCUT2D eigenvalue weighted by atomic mass is 35.5. The molecular weight excluding hydrogens is 463 g/mol. The molecule has 0 spiro atoms. The Balaban J connectivity index is 1.38. The largest absolute Gasteiger partial charge is 0.507 e. The van der Waals surface area contributed by atoms with Crippen molar-refractivity contribution < 1.29 is 14.7 Å². The van der Waals surface area contributed by atoms with Crippen LogP contribution in [0.3, 0.4) is 0 Å². The quantitative estimate of drug-likeness (QED) is 0.399. The maximum atomic E-state index is 13.0. The number of aromatic hydroxyl groups is 1. The molecule has 2 amide bonds. The average molecular weight is 485 g/mol. The molecule has 170 valence electrons. The van der Waals surface area contributed by atoms with E-state index >= 15 is 0 Å². The first-order chi connectivity index (χ1) is 15.9. The van der Waals surface area contributed by atoms with Gasteiger partial charge in [0.25, 0.3) is 0 Å². The van der Waals surface area contributed by atoms with Gasteiger partial charge in [-0.2, -0.15) is 9.78 Å². The number of hydrogen-bond acceptors (Lipinski definition) is 4. The number of amides is 2. The topological polar surface area (TPSA) is 96.2 Å². The van der Waals surface area contributed by atoms with Crippen molar-refractivity contribution in [2.45, 2.75) is 38.1 Å². The first kappa shape index (κ1) is 21.8. The molecule has 33 heavy (non-hydrogen) atoms. The molecule has 2 aliphatic carbocycles. The molecule has 7 nitrogen and oxygen atoms in total. The molecule has 0 aliphatic heterocycles. The van der Waals surface area contributed by atoms with E-state index in [4.69, 9.17) is 23.2 Å². The predicted molar refractivity (Wildman–Crippen MR) is 127 cm³/mol. The lowest BCUT2D eigenvalue weighted by atomic mass is 10.1. The number of carbonyl (C=O) groups excluding carboxylic acids is 2. The third kappa shape index (κ3) is 4.84. The summed E-state index contributed by atoms with van der Waals surface area (Å²) >= 11 is 12.0. The molecule has 3 aromatic rings. The van der Waals surface area contributed by atoms with E-state index in [1.54, 1.807) is 30.3 Å². The molecule has 0 saturated heterocycles. The molecule has 0 unspecified atom stereocenters. The van der Waals surface area contributed by atoms with E-state index < -0.39 is 0 Å². The van der Waals surface area contributed by atoms with Crippen LogP contribution in [0, 0.1) is 5.92 Å². The van der Waals surface area contributed by atoms with E-state index in [9.17, 15) is 14.7 Å². The van der Waals surface area contributed by atoms with Gasteiger partial charge in [0.05, 0.1) is 21.4 Å².